The van der Waals surface area contributed by atoms with Gasteiger partial charge >= 0.3 is 0 Å². The van der Waals surface area contributed by atoms with E-state index in [9.17, 15) is 4.79 Å². The van der Waals surface area contributed by atoms with Crippen molar-refractivity contribution >= 4 is 16.9 Å². The summed E-state index contributed by atoms with van der Waals surface area (Å²) in [7, 11) is 0. The maximum absolute atomic E-state index is 11.6. The molecule has 2 N–H and O–H groups in total. The molecule has 6 heteroatoms. The second kappa shape index (κ2) is 7.50. The topological polar surface area (TPSA) is 67.4 Å². The van der Waals surface area contributed by atoms with Gasteiger partial charge in [-0.2, -0.15) is 0 Å². The smallest absolute Gasteiger partial charge is 0.250 e. The van der Waals surface area contributed by atoms with Crippen LogP contribution in [-0.2, 0) is 6.54 Å². The molecular weight excluding hydrogens is 338 g/mol. The van der Waals surface area contributed by atoms with Crippen molar-refractivity contribution in [2.24, 2.45) is 5.73 Å². The van der Waals surface area contributed by atoms with Crippen molar-refractivity contribution in [1.29, 1.82) is 0 Å². The molecule has 0 bridgehead atoms. The zero-order valence-corrected chi connectivity index (χ0v) is 15.6. The van der Waals surface area contributed by atoms with Gasteiger partial charge in [0.15, 0.2) is 0 Å². The van der Waals surface area contributed by atoms with E-state index in [0.29, 0.717) is 11.1 Å². The molecule has 2 aromatic carbocycles. The summed E-state index contributed by atoms with van der Waals surface area (Å²) in [5.41, 5.74) is 9.77. The molecule has 1 amide bonds. The van der Waals surface area contributed by atoms with Gasteiger partial charge in [0.25, 0.3) is 5.91 Å². The monoisotopic (exact) mass is 363 g/mol. The number of nitrogens with zero attached hydrogens (tertiary/aromatic N) is 4. The van der Waals surface area contributed by atoms with E-state index in [1.165, 1.54) is 5.56 Å². The Morgan fingerprint density at radius 2 is 1.74 bits per heavy atom. The summed E-state index contributed by atoms with van der Waals surface area (Å²) < 4.78 is 1.99. The maximum atomic E-state index is 11.6. The average Bonchev–Trinajstić information content (AvgIpc) is 3.13. The molecule has 27 heavy (non-hydrogen) atoms. The highest BCUT2D eigenvalue weighted by Crippen LogP contribution is 2.21. The van der Waals surface area contributed by atoms with Crippen molar-refractivity contribution in [2.75, 3.05) is 32.7 Å². The van der Waals surface area contributed by atoms with Crippen LogP contribution in [-0.4, -0.2) is 58.0 Å². The first-order valence-electron chi connectivity index (χ1n) is 9.45. The summed E-state index contributed by atoms with van der Waals surface area (Å²) >= 11 is 0. The Morgan fingerprint density at radius 1 is 1.04 bits per heavy atom. The highest BCUT2D eigenvalue weighted by molar-refractivity contribution is 6.04. The van der Waals surface area contributed by atoms with Gasteiger partial charge in [-0.05, 0) is 36.4 Å². The summed E-state index contributed by atoms with van der Waals surface area (Å²) in [4.78, 5) is 21.0. The van der Waals surface area contributed by atoms with Crippen molar-refractivity contribution < 1.29 is 4.79 Å². The van der Waals surface area contributed by atoms with E-state index in [-0.39, 0.29) is 0 Å². The summed E-state index contributed by atoms with van der Waals surface area (Å²) in [6.45, 7) is 8.89. The normalized spacial score (nSPS) is 16.0. The lowest BCUT2D eigenvalue weighted by atomic mass is 10.1. The van der Waals surface area contributed by atoms with E-state index in [1.54, 1.807) is 12.4 Å². The number of nitrogens with two attached hydrogens (primary N) is 1. The summed E-state index contributed by atoms with van der Waals surface area (Å²) in [6.07, 6.45) is 1.75. The molecule has 0 radical (unpaired) electrons. The Labute approximate surface area is 159 Å². The number of piperazine rings is 1. The third kappa shape index (κ3) is 3.59. The predicted octanol–water partition coefficient (Wildman–Crippen LogP) is 2.26. The average molecular weight is 363 g/mol. The van der Waals surface area contributed by atoms with Crippen LogP contribution in [0.4, 0.5) is 0 Å². The number of likely N-dealkylation sites (N-methyl/N-ethyl adjacent to an activating group) is 1. The minimum atomic E-state index is -0.454. The number of aromatic nitrogens is 2. The fourth-order valence-electron chi connectivity index (χ4n) is 3.73. The highest BCUT2D eigenvalue weighted by Gasteiger charge is 2.16. The first-order valence-corrected chi connectivity index (χ1v) is 9.45. The standard InChI is InChI=1S/C21H25N5O/c1-2-24-10-12-25(13-11-24)14-16-6-8-17(9-7-16)26-15-23-20-18(21(22)27)4-3-5-19(20)26/h3-9,15H,2,10-14H2,1H3,(H2,22,27). The molecular formula is C21H25N5O. The Balaban J connectivity index is 1.52. The SMILES string of the molecule is CCN1CCN(Cc2ccc(-n3cnc4c(C(N)=O)cccc43)cc2)CC1. The van der Waals surface area contributed by atoms with Crippen LogP contribution in [0.25, 0.3) is 16.7 Å². The number of benzene rings is 2. The second-order valence-electron chi connectivity index (χ2n) is 7.03. The summed E-state index contributed by atoms with van der Waals surface area (Å²) in [5, 5.41) is 0. The minimum Gasteiger partial charge on any atom is -0.366 e. The molecule has 1 aromatic heterocycles. The predicted molar refractivity (Wildman–Crippen MR) is 107 cm³/mol. The van der Waals surface area contributed by atoms with Crippen molar-refractivity contribution in [3.63, 3.8) is 0 Å². The molecule has 0 spiro atoms. The molecule has 0 saturated carbocycles. The van der Waals surface area contributed by atoms with E-state index in [4.69, 9.17) is 5.73 Å². The highest BCUT2D eigenvalue weighted by atomic mass is 16.1. The molecule has 1 aliphatic rings. The van der Waals surface area contributed by atoms with E-state index in [0.717, 1.165) is 50.5 Å². The number of amides is 1. The van der Waals surface area contributed by atoms with Crippen LogP contribution in [0, 0.1) is 0 Å². The lowest BCUT2D eigenvalue weighted by Gasteiger charge is -2.34. The van der Waals surface area contributed by atoms with Crippen molar-refractivity contribution in [1.82, 2.24) is 19.4 Å². The number of primary amides is 1. The number of hydrogen-bond donors (Lipinski definition) is 1. The van der Waals surface area contributed by atoms with Crippen LogP contribution in [0.2, 0.25) is 0 Å². The Bertz CT molecular complexity index is 939. The van der Waals surface area contributed by atoms with Gasteiger partial charge in [-0.3, -0.25) is 14.3 Å². The van der Waals surface area contributed by atoms with Crippen LogP contribution in [0.3, 0.4) is 0 Å². The minimum absolute atomic E-state index is 0.453. The fourth-order valence-corrected chi connectivity index (χ4v) is 3.73. The molecule has 0 unspecified atom stereocenters. The summed E-state index contributed by atoms with van der Waals surface area (Å²) in [6, 6.07) is 14.1. The van der Waals surface area contributed by atoms with Crippen molar-refractivity contribution in [3.05, 3.63) is 59.9 Å². The molecule has 2 heterocycles. The van der Waals surface area contributed by atoms with E-state index in [2.05, 4.69) is 46.0 Å². The number of carbonyl (C=O) groups is 1. The first-order chi connectivity index (χ1) is 13.2. The van der Waals surface area contributed by atoms with Crippen molar-refractivity contribution in [3.8, 4) is 5.69 Å². The third-order valence-corrected chi connectivity index (χ3v) is 5.37. The van der Waals surface area contributed by atoms with Gasteiger partial charge in [0.05, 0.1) is 11.1 Å². The number of carbonyl (C=O) groups excluding carboxylic acids is 1. The first kappa shape index (κ1) is 17.7. The number of imidazole rings is 1. The molecule has 3 aromatic rings. The number of para-hydroxylation sites is 1. The zero-order chi connectivity index (χ0) is 18.8. The number of hydrogen-bond acceptors (Lipinski definition) is 4. The van der Waals surface area contributed by atoms with Crippen LogP contribution in [0.1, 0.15) is 22.8 Å². The van der Waals surface area contributed by atoms with Gasteiger partial charge < -0.3 is 10.6 Å². The lowest BCUT2D eigenvalue weighted by molar-refractivity contribution is 0.100. The summed E-state index contributed by atoms with van der Waals surface area (Å²) in [5.74, 6) is -0.454. The van der Waals surface area contributed by atoms with Crippen LogP contribution in [0.5, 0.6) is 0 Å². The van der Waals surface area contributed by atoms with E-state index >= 15 is 0 Å². The van der Waals surface area contributed by atoms with Gasteiger partial charge in [-0.15, -0.1) is 0 Å². The lowest BCUT2D eigenvalue weighted by Crippen LogP contribution is -2.45. The van der Waals surface area contributed by atoms with Gasteiger partial charge in [-0.25, -0.2) is 4.98 Å². The fraction of sp³-hybridized carbons (Fsp3) is 0.333. The van der Waals surface area contributed by atoms with E-state index < -0.39 is 5.91 Å². The molecule has 1 fully saturated rings. The van der Waals surface area contributed by atoms with Gasteiger partial charge in [0, 0.05) is 38.4 Å². The molecule has 6 nitrogen and oxygen atoms in total. The second-order valence-corrected chi connectivity index (χ2v) is 7.03. The van der Waals surface area contributed by atoms with Crippen LogP contribution >= 0.6 is 0 Å². The zero-order valence-electron chi connectivity index (χ0n) is 15.6. The molecule has 0 aliphatic carbocycles. The number of fused-ring (bicyclic) bond motifs is 1. The quantitative estimate of drug-likeness (QED) is 0.755. The Morgan fingerprint density at radius 3 is 2.41 bits per heavy atom. The molecule has 1 aliphatic heterocycles. The van der Waals surface area contributed by atoms with Gasteiger partial charge in [0.1, 0.15) is 11.8 Å². The number of rotatable bonds is 5. The van der Waals surface area contributed by atoms with Crippen LogP contribution < -0.4 is 5.73 Å². The Hall–Kier alpha value is -2.70. The molecule has 1 saturated heterocycles. The van der Waals surface area contributed by atoms with E-state index in [1.807, 2.05) is 16.7 Å². The molecule has 0 atom stereocenters. The van der Waals surface area contributed by atoms with Crippen LogP contribution in [0.15, 0.2) is 48.8 Å². The van der Waals surface area contributed by atoms with Gasteiger partial charge in [-0.1, -0.05) is 25.1 Å². The Kier molecular flexibility index (Phi) is 4.92. The van der Waals surface area contributed by atoms with Gasteiger partial charge in [0.2, 0.25) is 0 Å². The van der Waals surface area contributed by atoms with Crippen molar-refractivity contribution in [2.45, 2.75) is 13.5 Å². The molecule has 4 rings (SSSR count). The molecule has 140 valence electrons. The third-order valence-electron chi connectivity index (χ3n) is 5.37. The maximum Gasteiger partial charge on any atom is 0.250 e. The largest absolute Gasteiger partial charge is 0.366 e.